The molecule has 17 nitrogen and oxygen atoms in total. The van der Waals surface area contributed by atoms with E-state index in [1.165, 1.54) is 14.2 Å². The number of esters is 1. The summed E-state index contributed by atoms with van der Waals surface area (Å²) in [4.78, 5) is 65.5. The van der Waals surface area contributed by atoms with Gasteiger partial charge in [0.25, 0.3) is 5.91 Å². The molecule has 3 amide bonds. The van der Waals surface area contributed by atoms with Crippen molar-refractivity contribution in [1.82, 2.24) is 39.4 Å². The zero-order chi connectivity index (χ0) is 50.4. The number of pyridine rings is 1. The van der Waals surface area contributed by atoms with Gasteiger partial charge in [0.1, 0.15) is 29.2 Å². The summed E-state index contributed by atoms with van der Waals surface area (Å²) in [5.74, 6) is -2.65. The Morgan fingerprint density at radius 2 is 1.77 bits per heavy atom. The average Bonchev–Trinajstić information content (AvgIpc) is 4.02. The molecule has 6 atom stereocenters. The van der Waals surface area contributed by atoms with Gasteiger partial charge in [-0.3, -0.25) is 34.1 Å². The van der Waals surface area contributed by atoms with E-state index in [-0.39, 0.29) is 56.3 Å². The molecular formula is C52H70N8O9S. The van der Waals surface area contributed by atoms with E-state index < -0.39 is 62.6 Å². The van der Waals surface area contributed by atoms with Crippen LogP contribution in [-0.4, -0.2) is 143 Å². The summed E-state index contributed by atoms with van der Waals surface area (Å²) in [6.07, 6.45) is 3.57. The van der Waals surface area contributed by atoms with Crippen LogP contribution in [0.1, 0.15) is 90.2 Å². The Kier molecular flexibility index (Phi) is 14.8. The van der Waals surface area contributed by atoms with Gasteiger partial charge in [0.2, 0.25) is 21.8 Å². The lowest BCUT2D eigenvalue weighted by molar-refractivity contribution is -0.155. The summed E-state index contributed by atoms with van der Waals surface area (Å²) in [6.45, 7) is 13.8. The van der Waals surface area contributed by atoms with Crippen LogP contribution >= 0.6 is 0 Å². The van der Waals surface area contributed by atoms with Crippen LogP contribution in [0.3, 0.4) is 0 Å². The van der Waals surface area contributed by atoms with E-state index in [0.717, 1.165) is 39.0 Å². The molecule has 2 aromatic carbocycles. The molecule has 3 N–H and O–H groups in total. The van der Waals surface area contributed by atoms with Gasteiger partial charge in [-0.15, -0.1) is 0 Å². The van der Waals surface area contributed by atoms with Gasteiger partial charge >= 0.3 is 5.97 Å². The smallest absolute Gasteiger partial charge is 0.324 e. The molecule has 4 aliphatic rings. The van der Waals surface area contributed by atoms with Gasteiger partial charge in [-0.2, -0.15) is 0 Å². The van der Waals surface area contributed by atoms with Crippen molar-refractivity contribution in [3.63, 3.8) is 0 Å². The zero-order valence-corrected chi connectivity index (χ0v) is 42.8. The van der Waals surface area contributed by atoms with Crippen LogP contribution in [0.2, 0.25) is 0 Å². The molecule has 0 saturated carbocycles. The van der Waals surface area contributed by atoms with Crippen molar-refractivity contribution in [1.29, 1.82) is 0 Å². The molecule has 6 bridgehead atoms. The Morgan fingerprint density at radius 1 is 1.04 bits per heavy atom. The molecule has 0 radical (unpaired) electrons. The second-order valence-corrected chi connectivity index (χ2v) is 22.9. The number of hydrazine groups is 1. The number of hydrogen-bond donors (Lipinski definition) is 3. The third kappa shape index (κ3) is 10.3. The van der Waals surface area contributed by atoms with E-state index in [0.29, 0.717) is 56.3 Å². The number of methoxy groups -OCH3 is 1. The molecule has 2 aromatic heterocycles. The maximum atomic E-state index is 14.8. The maximum Gasteiger partial charge on any atom is 0.324 e. The van der Waals surface area contributed by atoms with Gasteiger partial charge in [-0.1, -0.05) is 39.8 Å². The largest absolute Gasteiger partial charge is 0.508 e. The number of nitrogens with zero attached hydrogens (tertiary/aromatic N) is 6. The molecule has 18 heteroatoms. The molecule has 3 saturated heterocycles. The van der Waals surface area contributed by atoms with E-state index >= 15 is 0 Å². The number of ether oxygens (including phenoxy) is 2. The van der Waals surface area contributed by atoms with Crippen LogP contribution in [0.15, 0.2) is 54.7 Å². The molecular weight excluding hydrogens is 913 g/mol. The first-order chi connectivity index (χ1) is 33.2. The minimum absolute atomic E-state index is 0.0199. The summed E-state index contributed by atoms with van der Waals surface area (Å²) < 4.78 is 41.9. The zero-order valence-electron chi connectivity index (χ0n) is 42.0. The molecule has 4 aliphatic heterocycles. The predicted octanol–water partition coefficient (Wildman–Crippen LogP) is 5.25. The number of hydrogen-bond acceptors (Lipinski definition) is 12. The predicted molar refractivity (Wildman–Crippen MR) is 266 cm³/mol. The number of nitrogens with one attached hydrogen (secondary N) is 2. The number of aromatic nitrogens is 2. The number of phenolic OH excluding ortho intramolecular Hbond substituents is 1. The first-order valence-corrected chi connectivity index (χ1v) is 26.2. The number of carbonyl (C=O) groups is 4. The lowest BCUT2D eigenvalue weighted by Gasteiger charge is -2.38. The number of phenols is 1. The van der Waals surface area contributed by atoms with Crippen LogP contribution in [0.25, 0.3) is 33.3 Å². The number of rotatable bonds is 11. The summed E-state index contributed by atoms with van der Waals surface area (Å²) in [6, 6.07) is 12.4. The molecule has 378 valence electrons. The summed E-state index contributed by atoms with van der Waals surface area (Å²) in [5, 5.41) is 16.2. The minimum atomic E-state index is -3.49. The van der Waals surface area contributed by atoms with Gasteiger partial charge in [-0.25, -0.2) is 18.1 Å². The van der Waals surface area contributed by atoms with Gasteiger partial charge in [0.15, 0.2) is 0 Å². The number of amides is 3. The van der Waals surface area contributed by atoms with E-state index in [4.69, 9.17) is 14.5 Å². The fourth-order valence-corrected chi connectivity index (χ4v) is 12.7. The van der Waals surface area contributed by atoms with Crippen molar-refractivity contribution >= 4 is 44.6 Å². The van der Waals surface area contributed by atoms with Crippen molar-refractivity contribution < 1.29 is 42.2 Å². The van der Waals surface area contributed by atoms with Crippen LogP contribution < -0.4 is 10.7 Å². The Bertz CT molecular complexity index is 2750. The number of aromatic hydroxyl groups is 1. The first-order valence-electron chi connectivity index (χ1n) is 24.7. The number of sulfonamides is 1. The van der Waals surface area contributed by atoms with Crippen LogP contribution in [0.5, 0.6) is 5.75 Å². The van der Waals surface area contributed by atoms with Crippen molar-refractivity contribution in [2.45, 2.75) is 116 Å². The number of likely N-dealkylation sites (N-methyl/N-ethyl adjacent to an activating group) is 2. The van der Waals surface area contributed by atoms with Gasteiger partial charge in [0, 0.05) is 87.3 Å². The standard InChI is InChI=1S/C52H70N8O9S/c1-10-59-43-16-15-35-27-39(43)40(47(59)38-13-11-19-53-45(38)32(4)68-9)28-52(5,6)30-69-51(65)41-14-12-20-60(55-41)50(64)42(25-33-23-36(35)26-37(61)24-33)54-48(62)46(31(2)3)57(8)49(63)34-17-21-58(22-18-34)70(66,67)44-29-56(44)7/h11,13,15-16,19,23-24,26-27,31-32,34,41-42,44,46,55,61H,10,12,14,17-18,20-22,25,28-30H2,1-9H3,(H,54,62)/t32-,41-,42-,44?,46-,56?/m0/s1. The van der Waals surface area contributed by atoms with Crippen molar-refractivity contribution in [3.05, 3.63) is 71.5 Å². The van der Waals surface area contributed by atoms with E-state index in [2.05, 4.69) is 54.3 Å². The lowest BCUT2D eigenvalue weighted by atomic mass is 9.84. The number of aryl methyl sites for hydroxylation is 1. The molecule has 4 aromatic rings. The van der Waals surface area contributed by atoms with Crippen molar-refractivity contribution in [2.24, 2.45) is 17.3 Å². The maximum absolute atomic E-state index is 14.8. The second kappa shape index (κ2) is 20.4. The minimum Gasteiger partial charge on any atom is -0.508 e. The summed E-state index contributed by atoms with van der Waals surface area (Å²) >= 11 is 0. The van der Waals surface area contributed by atoms with Crippen LogP contribution in [0.4, 0.5) is 0 Å². The molecule has 0 spiro atoms. The molecule has 8 rings (SSSR count). The number of fused-ring (bicyclic) bond motifs is 6. The van der Waals surface area contributed by atoms with Crippen LogP contribution in [0, 0.1) is 17.3 Å². The van der Waals surface area contributed by atoms with Crippen LogP contribution in [-0.2, 0) is 58.1 Å². The average molecular weight is 983 g/mol. The number of piperidine rings is 1. The monoisotopic (exact) mass is 982 g/mol. The number of benzene rings is 2. The second-order valence-electron chi connectivity index (χ2n) is 20.8. The molecule has 70 heavy (non-hydrogen) atoms. The Balaban J connectivity index is 1.15. The fraction of sp³-hybridized carbons (Fsp3) is 0.558. The molecule has 0 aliphatic carbocycles. The Morgan fingerprint density at radius 3 is 2.44 bits per heavy atom. The quantitative estimate of drug-likeness (QED) is 0.131. The Hall–Kier alpha value is -5.40. The van der Waals surface area contributed by atoms with Gasteiger partial charge in [-0.05, 0) is 118 Å². The summed E-state index contributed by atoms with van der Waals surface area (Å²) in [7, 11) is 1.53. The summed E-state index contributed by atoms with van der Waals surface area (Å²) in [5.41, 5.74) is 9.47. The Labute approximate surface area is 411 Å². The third-order valence-electron chi connectivity index (χ3n) is 14.7. The molecule has 6 heterocycles. The molecule has 3 fully saturated rings. The number of cyclic esters (lactones) is 1. The highest BCUT2D eigenvalue weighted by Gasteiger charge is 2.47. The first kappa shape index (κ1) is 51.0. The fourth-order valence-electron chi connectivity index (χ4n) is 10.7. The topological polar surface area (TPSA) is 196 Å². The highest BCUT2D eigenvalue weighted by atomic mass is 32.2. The van der Waals surface area contributed by atoms with Crippen molar-refractivity contribution in [2.75, 3.05) is 54.0 Å². The lowest BCUT2D eigenvalue weighted by Crippen LogP contribution is -2.62. The van der Waals surface area contributed by atoms with E-state index in [9.17, 15) is 32.7 Å². The highest BCUT2D eigenvalue weighted by Crippen LogP contribution is 2.42. The van der Waals surface area contributed by atoms with E-state index in [1.54, 1.807) is 44.4 Å². The highest BCUT2D eigenvalue weighted by molar-refractivity contribution is 7.90. The third-order valence-corrected chi connectivity index (χ3v) is 16.9. The van der Waals surface area contributed by atoms with Gasteiger partial charge < -0.3 is 29.4 Å². The van der Waals surface area contributed by atoms with Gasteiger partial charge in [0.05, 0.1) is 24.1 Å². The molecule has 2 unspecified atom stereocenters. The SMILES string of the molecule is CCn1c(-c2cccnc2[C@H](C)OC)c2c3cc(ccc31)-c1cc(O)cc(c1)C[C@H](NC(=O)[C@H](C(C)C)N(C)C(=O)C1CCN(S(=O)(=O)C3CN3C)CC1)C(=O)N1CCC[C@H](N1)C(=O)OCC(C)(C)C2. The normalized spacial score (nSPS) is 23.4. The number of carbonyl (C=O) groups excluding carboxylic acids is 4. The van der Waals surface area contributed by atoms with Crippen molar-refractivity contribution in [3.8, 4) is 28.1 Å². The van der Waals surface area contributed by atoms with E-state index in [1.807, 2.05) is 39.0 Å².